The molecule has 76 valence electrons. The fraction of sp³-hybridized carbons (Fsp3) is 0.182. The van der Waals surface area contributed by atoms with Crippen LogP contribution in [0.1, 0.15) is 5.56 Å². The molecule has 0 saturated heterocycles. The highest BCUT2D eigenvalue weighted by molar-refractivity contribution is 6.06. The van der Waals surface area contributed by atoms with Crippen LogP contribution in [0.15, 0.2) is 24.3 Å². The first-order chi connectivity index (χ1) is 7.09. The molecule has 0 aliphatic carbocycles. The third-order valence-electron chi connectivity index (χ3n) is 2.30. The van der Waals surface area contributed by atoms with Gasteiger partial charge in [0.25, 0.3) is 0 Å². The maximum Gasteiger partial charge on any atom is 0.352 e. The number of hydrogen-bond acceptors (Lipinski definition) is 1. The summed E-state index contributed by atoms with van der Waals surface area (Å²) in [5.41, 5.74) is -0.0734. The van der Waals surface area contributed by atoms with E-state index in [0.29, 0.717) is 0 Å². The van der Waals surface area contributed by atoms with E-state index in [1.807, 2.05) is 0 Å². The second-order valence-corrected chi connectivity index (χ2v) is 3.19. The van der Waals surface area contributed by atoms with Crippen LogP contribution in [0.2, 0.25) is 0 Å². The molecule has 0 spiro atoms. The quantitative estimate of drug-likeness (QED) is 0.642. The number of rotatable bonds is 1. The van der Waals surface area contributed by atoms with Crippen LogP contribution in [-0.2, 0) is 10.7 Å². The second-order valence-electron chi connectivity index (χ2n) is 3.19. The lowest BCUT2D eigenvalue weighted by Gasteiger charge is -2.13. The Morgan fingerprint density at radius 2 is 2.07 bits per heavy atom. The Morgan fingerprint density at radius 1 is 1.40 bits per heavy atom. The zero-order valence-electron chi connectivity index (χ0n) is 7.71. The first-order valence-corrected chi connectivity index (χ1v) is 4.32. The summed E-state index contributed by atoms with van der Waals surface area (Å²) < 4.78 is 26.9. The van der Waals surface area contributed by atoms with Crippen molar-refractivity contribution in [3.05, 3.63) is 29.8 Å². The Hall–Kier alpha value is -1.89. The van der Waals surface area contributed by atoms with Crippen molar-refractivity contribution in [2.75, 3.05) is 11.4 Å². The number of nitrogens with zero attached hydrogens (tertiary/aromatic N) is 1. The topological polar surface area (TPSA) is 20.3 Å². The Bertz CT molecular complexity index is 462. The van der Waals surface area contributed by atoms with Gasteiger partial charge in [-0.1, -0.05) is 24.1 Å². The molecule has 1 amide bonds. The normalized spacial score (nSPS) is 17.4. The summed E-state index contributed by atoms with van der Waals surface area (Å²) in [6, 6.07) is 5.77. The molecular weight excluding hydrogens is 200 g/mol. The number of amides is 1. The molecule has 0 aromatic heterocycles. The lowest BCUT2D eigenvalue weighted by atomic mass is 10.1. The van der Waals surface area contributed by atoms with Crippen molar-refractivity contribution in [3.63, 3.8) is 0 Å². The van der Waals surface area contributed by atoms with Crippen molar-refractivity contribution in [2.24, 2.45) is 0 Å². The molecule has 15 heavy (non-hydrogen) atoms. The van der Waals surface area contributed by atoms with Crippen molar-refractivity contribution >= 4 is 11.6 Å². The van der Waals surface area contributed by atoms with Gasteiger partial charge in [0.05, 0.1) is 17.8 Å². The minimum absolute atomic E-state index is 0.133. The third kappa shape index (κ3) is 1.20. The van der Waals surface area contributed by atoms with Gasteiger partial charge in [-0.15, -0.1) is 6.42 Å². The van der Waals surface area contributed by atoms with Crippen LogP contribution in [0.25, 0.3) is 0 Å². The van der Waals surface area contributed by atoms with E-state index in [2.05, 4.69) is 5.92 Å². The van der Waals surface area contributed by atoms with Crippen LogP contribution in [0.3, 0.4) is 0 Å². The predicted octanol–water partition coefficient (Wildman–Crippen LogP) is 1.76. The number of alkyl halides is 2. The standard InChI is InChI=1S/C11H7F2NO/c1-2-7-14-9-6-4-3-5-8(9)11(12,13)10(14)15/h1,3-6H,7H2. The van der Waals surface area contributed by atoms with E-state index in [4.69, 9.17) is 6.42 Å². The molecule has 2 rings (SSSR count). The first kappa shape index (κ1) is 9.66. The molecule has 4 heteroatoms. The zero-order valence-corrected chi connectivity index (χ0v) is 7.71. The summed E-state index contributed by atoms with van der Waals surface area (Å²) in [5.74, 6) is -2.51. The fourth-order valence-corrected chi connectivity index (χ4v) is 1.62. The number of terminal acetylenes is 1. The molecule has 0 fully saturated rings. The monoisotopic (exact) mass is 207 g/mol. The van der Waals surface area contributed by atoms with Crippen molar-refractivity contribution in [2.45, 2.75) is 5.92 Å². The molecule has 0 radical (unpaired) electrons. The van der Waals surface area contributed by atoms with Crippen LogP contribution < -0.4 is 4.90 Å². The lowest BCUT2D eigenvalue weighted by molar-refractivity contribution is -0.141. The summed E-state index contributed by atoms with van der Waals surface area (Å²) in [7, 11) is 0. The average Bonchev–Trinajstić information content (AvgIpc) is 2.42. The largest absolute Gasteiger partial charge is 0.352 e. The van der Waals surface area contributed by atoms with Crippen LogP contribution in [0, 0.1) is 12.3 Å². The smallest absolute Gasteiger partial charge is 0.295 e. The molecule has 1 aromatic rings. The molecule has 0 N–H and O–H groups in total. The highest BCUT2D eigenvalue weighted by Crippen LogP contribution is 2.43. The summed E-state index contributed by atoms with van der Waals surface area (Å²) in [6.45, 7) is -0.133. The van der Waals surface area contributed by atoms with Crippen LogP contribution in [0.4, 0.5) is 14.5 Å². The summed E-state index contributed by atoms with van der Waals surface area (Å²) >= 11 is 0. The van der Waals surface area contributed by atoms with Gasteiger partial charge >= 0.3 is 11.8 Å². The summed E-state index contributed by atoms with van der Waals surface area (Å²) in [4.78, 5) is 12.3. The van der Waals surface area contributed by atoms with E-state index < -0.39 is 11.8 Å². The predicted molar refractivity (Wildman–Crippen MR) is 51.5 cm³/mol. The highest BCUT2D eigenvalue weighted by Gasteiger charge is 2.52. The number of carbonyl (C=O) groups excluding carboxylic acids is 1. The van der Waals surface area contributed by atoms with E-state index >= 15 is 0 Å². The van der Waals surface area contributed by atoms with Gasteiger partial charge in [0.15, 0.2) is 0 Å². The Kier molecular flexibility index (Phi) is 1.97. The highest BCUT2D eigenvalue weighted by atomic mass is 19.3. The maximum absolute atomic E-state index is 13.4. The average molecular weight is 207 g/mol. The van der Waals surface area contributed by atoms with Gasteiger partial charge < -0.3 is 0 Å². The van der Waals surface area contributed by atoms with E-state index in [9.17, 15) is 13.6 Å². The lowest BCUT2D eigenvalue weighted by Crippen LogP contribution is -2.34. The van der Waals surface area contributed by atoms with Gasteiger partial charge in [0.1, 0.15) is 0 Å². The van der Waals surface area contributed by atoms with Gasteiger partial charge in [-0.2, -0.15) is 8.78 Å². The number of anilines is 1. The molecule has 2 nitrogen and oxygen atoms in total. The first-order valence-electron chi connectivity index (χ1n) is 4.32. The van der Waals surface area contributed by atoms with Crippen LogP contribution >= 0.6 is 0 Å². The maximum atomic E-state index is 13.4. The summed E-state index contributed by atoms with van der Waals surface area (Å²) in [6.07, 6.45) is 5.03. The Labute approximate surface area is 85.5 Å². The zero-order chi connectivity index (χ0) is 11.1. The van der Waals surface area contributed by atoms with E-state index in [-0.39, 0.29) is 17.8 Å². The molecule has 0 atom stereocenters. The van der Waals surface area contributed by atoms with Crippen LogP contribution in [0.5, 0.6) is 0 Å². The van der Waals surface area contributed by atoms with Crippen molar-refractivity contribution in [1.82, 2.24) is 0 Å². The van der Waals surface area contributed by atoms with Crippen molar-refractivity contribution in [1.29, 1.82) is 0 Å². The number of carbonyl (C=O) groups is 1. The van der Waals surface area contributed by atoms with E-state index in [1.165, 1.54) is 18.2 Å². The van der Waals surface area contributed by atoms with Gasteiger partial charge in [-0.25, -0.2) is 0 Å². The summed E-state index contributed by atoms with van der Waals surface area (Å²) in [5, 5.41) is 0. The number of benzene rings is 1. The molecule has 1 aromatic carbocycles. The molecule has 0 bridgehead atoms. The fourth-order valence-electron chi connectivity index (χ4n) is 1.62. The van der Waals surface area contributed by atoms with Gasteiger partial charge in [0.2, 0.25) is 0 Å². The minimum atomic E-state index is -3.45. The molecule has 1 aliphatic heterocycles. The molecule has 0 unspecified atom stereocenters. The molecule has 1 heterocycles. The SMILES string of the molecule is C#CCN1C(=O)C(F)(F)c2ccccc21. The number of halogens is 2. The van der Waals surface area contributed by atoms with Crippen molar-refractivity contribution in [3.8, 4) is 12.3 Å². The number of para-hydroxylation sites is 1. The Morgan fingerprint density at radius 3 is 2.73 bits per heavy atom. The Balaban J connectivity index is 2.58. The minimum Gasteiger partial charge on any atom is -0.295 e. The van der Waals surface area contributed by atoms with E-state index in [0.717, 1.165) is 4.90 Å². The van der Waals surface area contributed by atoms with Gasteiger partial charge in [0, 0.05) is 0 Å². The van der Waals surface area contributed by atoms with Gasteiger partial charge in [-0.3, -0.25) is 9.69 Å². The third-order valence-corrected chi connectivity index (χ3v) is 2.30. The molecule has 1 aliphatic rings. The van der Waals surface area contributed by atoms with Crippen molar-refractivity contribution < 1.29 is 13.6 Å². The second kappa shape index (κ2) is 3.06. The molecule has 0 saturated carbocycles. The van der Waals surface area contributed by atoms with E-state index in [1.54, 1.807) is 6.07 Å². The van der Waals surface area contributed by atoms with Gasteiger partial charge in [-0.05, 0) is 6.07 Å². The number of fused-ring (bicyclic) bond motifs is 1. The number of hydrogen-bond donors (Lipinski definition) is 0. The molecular formula is C11H7F2NO. The van der Waals surface area contributed by atoms with Crippen LogP contribution in [-0.4, -0.2) is 12.5 Å².